The summed E-state index contributed by atoms with van der Waals surface area (Å²) in [4.78, 5) is 6.58. The third-order valence-electron chi connectivity index (χ3n) is 2.63. The Hall–Kier alpha value is -0.930. The Labute approximate surface area is 91.8 Å². The van der Waals surface area contributed by atoms with Crippen LogP contribution >= 0.6 is 0 Å². The maximum atomic E-state index is 9.02. The highest BCUT2D eigenvalue weighted by atomic mass is 16.3. The second-order valence-electron chi connectivity index (χ2n) is 3.99. The Balaban J connectivity index is 2.76. The van der Waals surface area contributed by atoms with Gasteiger partial charge in [-0.1, -0.05) is 6.07 Å². The molecule has 0 spiro atoms. The van der Waals surface area contributed by atoms with Crippen molar-refractivity contribution in [2.24, 2.45) is 0 Å². The van der Waals surface area contributed by atoms with Crippen molar-refractivity contribution in [3.63, 3.8) is 0 Å². The van der Waals surface area contributed by atoms with Gasteiger partial charge in [-0.15, -0.1) is 0 Å². The van der Waals surface area contributed by atoms with Crippen LogP contribution in [0.15, 0.2) is 24.4 Å². The molecule has 0 saturated carbocycles. The third kappa shape index (κ3) is 3.29. The van der Waals surface area contributed by atoms with E-state index in [1.165, 1.54) is 0 Å². The number of pyridine rings is 1. The molecule has 15 heavy (non-hydrogen) atoms. The maximum Gasteiger partial charge on any atom is 0.0572 e. The molecule has 0 bridgehead atoms. The minimum Gasteiger partial charge on any atom is -0.395 e. The largest absolute Gasteiger partial charge is 0.395 e. The zero-order valence-corrected chi connectivity index (χ0v) is 9.72. The summed E-state index contributed by atoms with van der Waals surface area (Å²) >= 11 is 0. The number of aromatic nitrogens is 1. The number of aliphatic hydroxyl groups excluding tert-OH is 1. The van der Waals surface area contributed by atoms with Crippen molar-refractivity contribution in [2.75, 3.05) is 13.2 Å². The zero-order chi connectivity index (χ0) is 11.3. The van der Waals surface area contributed by atoms with Gasteiger partial charge in [-0.3, -0.25) is 9.88 Å². The first kappa shape index (κ1) is 12.1. The summed E-state index contributed by atoms with van der Waals surface area (Å²) in [6.45, 7) is 7.27. The van der Waals surface area contributed by atoms with Crippen LogP contribution in [-0.2, 0) is 0 Å². The molecule has 0 aliphatic rings. The second-order valence-corrected chi connectivity index (χ2v) is 3.99. The van der Waals surface area contributed by atoms with E-state index in [-0.39, 0.29) is 12.6 Å². The van der Waals surface area contributed by atoms with Crippen LogP contribution in [0.4, 0.5) is 0 Å². The van der Waals surface area contributed by atoms with Gasteiger partial charge in [-0.25, -0.2) is 0 Å². The van der Waals surface area contributed by atoms with Crippen LogP contribution in [0.3, 0.4) is 0 Å². The Morgan fingerprint density at radius 3 is 2.53 bits per heavy atom. The van der Waals surface area contributed by atoms with Gasteiger partial charge < -0.3 is 5.11 Å². The first-order valence-corrected chi connectivity index (χ1v) is 5.44. The lowest BCUT2D eigenvalue weighted by molar-refractivity contribution is 0.124. The van der Waals surface area contributed by atoms with Gasteiger partial charge in [0.05, 0.1) is 12.3 Å². The van der Waals surface area contributed by atoms with E-state index in [9.17, 15) is 0 Å². The summed E-state index contributed by atoms with van der Waals surface area (Å²) in [5.74, 6) is 0. The summed E-state index contributed by atoms with van der Waals surface area (Å²) in [5, 5.41) is 9.02. The van der Waals surface area contributed by atoms with Crippen LogP contribution in [0.5, 0.6) is 0 Å². The van der Waals surface area contributed by atoms with Crippen molar-refractivity contribution in [3.8, 4) is 0 Å². The Morgan fingerprint density at radius 1 is 1.33 bits per heavy atom. The minimum atomic E-state index is 0.190. The molecule has 1 N–H and O–H groups in total. The molecular formula is C12H20N2O. The quantitative estimate of drug-likeness (QED) is 0.802. The predicted octanol–water partition coefficient (Wildman–Crippen LogP) is 1.85. The average molecular weight is 208 g/mol. The lowest BCUT2D eigenvalue weighted by atomic mass is 10.1. The lowest BCUT2D eigenvalue weighted by Gasteiger charge is -2.31. The van der Waals surface area contributed by atoms with Gasteiger partial charge in [0, 0.05) is 24.8 Å². The molecule has 0 radical (unpaired) electrons. The van der Waals surface area contributed by atoms with Crippen LogP contribution in [0, 0.1) is 0 Å². The van der Waals surface area contributed by atoms with Gasteiger partial charge in [-0.05, 0) is 32.9 Å². The van der Waals surface area contributed by atoms with Crippen molar-refractivity contribution in [1.29, 1.82) is 0 Å². The fourth-order valence-electron chi connectivity index (χ4n) is 1.81. The second kappa shape index (κ2) is 5.83. The van der Waals surface area contributed by atoms with Crippen molar-refractivity contribution < 1.29 is 5.11 Å². The van der Waals surface area contributed by atoms with Gasteiger partial charge in [0.25, 0.3) is 0 Å². The normalized spacial score (nSPS) is 13.5. The van der Waals surface area contributed by atoms with Crippen molar-refractivity contribution in [3.05, 3.63) is 30.1 Å². The summed E-state index contributed by atoms with van der Waals surface area (Å²) in [6, 6.07) is 6.60. The summed E-state index contributed by atoms with van der Waals surface area (Å²) in [7, 11) is 0. The number of hydrogen-bond acceptors (Lipinski definition) is 3. The molecule has 1 aromatic rings. The molecule has 0 aliphatic heterocycles. The van der Waals surface area contributed by atoms with E-state index >= 15 is 0 Å². The molecule has 1 atom stereocenters. The van der Waals surface area contributed by atoms with Gasteiger partial charge in [0.2, 0.25) is 0 Å². The molecule has 84 valence electrons. The molecule has 0 saturated heterocycles. The molecular weight excluding hydrogens is 188 g/mol. The van der Waals surface area contributed by atoms with Gasteiger partial charge >= 0.3 is 0 Å². The van der Waals surface area contributed by atoms with E-state index in [2.05, 4.69) is 30.7 Å². The van der Waals surface area contributed by atoms with Crippen molar-refractivity contribution >= 4 is 0 Å². The van der Waals surface area contributed by atoms with E-state index in [4.69, 9.17) is 5.11 Å². The number of rotatable bonds is 5. The van der Waals surface area contributed by atoms with Crippen LogP contribution in [0.1, 0.15) is 32.5 Å². The highest BCUT2D eigenvalue weighted by Gasteiger charge is 2.18. The lowest BCUT2D eigenvalue weighted by Crippen LogP contribution is -2.36. The van der Waals surface area contributed by atoms with Gasteiger partial charge in [0.15, 0.2) is 0 Å². The fourth-order valence-corrected chi connectivity index (χ4v) is 1.81. The standard InChI is InChI=1S/C12H20N2O/c1-10(2)14(8-9-15)11(3)12-6-4-5-7-13-12/h4-7,10-11,15H,8-9H2,1-3H3/t11-/m1/s1. The monoisotopic (exact) mass is 208 g/mol. The Morgan fingerprint density at radius 2 is 2.07 bits per heavy atom. The molecule has 3 heteroatoms. The van der Waals surface area contributed by atoms with E-state index < -0.39 is 0 Å². The molecule has 0 unspecified atom stereocenters. The van der Waals surface area contributed by atoms with Gasteiger partial charge in [-0.2, -0.15) is 0 Å². The highest BCUT2D eigenvalue weighted by molar-refractivity contribution is 5.08. The van der Waals surface area contributed by atoms with E-state index in [1.54, 1.807) is 0 Å². The van der Waals surface area contributed by atoms with E-state index in [1.807, 2.05) is 24.4 Å². The summed E-state index contributed by atoms with van der Waals surface area (Å²) in [6.07, 6.45) is 1.81. The average Bonchev–Trinajstić information content (AvgIpc) is 2.26. The van der Waals surface area contributed by atoms with Crippen LogP contribution in [-0.4, -0.2) is 34.2 Å². The Kier molecular flexibility index (Phi) is 4.72. The maximum absolute atomic E-state index is 9.02. The topological polar surface area (TPSA) is 36.4 Å². The molecule has 1 aromatic heterocycles. The van der Waals surface area contributed by atoms with Crippen LogP contribution in [0.2, 0.25) is 0 Å². The predicted molar refractivity (Wildman–Crippen MR) is 61.6 cm³/mol. The van der Waals surface area contributed by atoms with Gasteiger partial charge in [0.1, 0.15) is 0 Å². The molecule has 3 nitrogen and oxygen atoms in total. The molecule has 1 rings (SSSR count). The molecule has 0 fully saturated rings. The summed E-state index contributed by atoms with van der Waals surface area (Å²) in [5.41, 5.74) is 1.06. The molecule has 0 aromatic carbocycles. The van der Waals surface area contributed by atoms with Crippen molar-refractivity contribution in [2.45, 2.75) is 32.9 Å². The van der Waals surface area contributed by atoms with Crippen LogP contribution < -0.4 is 0 Å². The first-order chi connectivity index (χ1) is 7.16. The smallest absolute Gasteiger partial charge is 0.0572 e. The minimum absolute atomic E-state index is 0.190. The fraction of sp³-hybridized carbons (Fsp3) is 0.583. The zero-order valence-electron chi connectivity index (χ0n) is 9.72. The van der Waals surface area contributed by atoms with E-state index in [0.717, 1.165) is 5.69 Å². The Bertz CT molecular complexity index is 274. The summed E-state index contributed by atoms with van der Waals surface area (Å²) < 4.78 is 0. The first-order valence-electron chi connectivity index (χ1n) is 5.44. The van der Waals surface area contributed by atoms with Crippen LogP contribution in [0.25, 0.3) is 0 Å². The SMILES string of the molecule is CC(C)N(CCO)[C@H](C)c1ccccn1. The number of nitrogens with zero attached hydrogens (tertiary/aromatic N) is 2. The molecule has 0 aliphatic carbocycles. The highest BCUT2D eigenvalue weighted by Crippen LogP contribution is 2.19. The number of hydrogen-bond donors (Lipinski definition) is 1. The number of aliphatic hydroxyl groups is 1. The molecule has 1 heterocycles. The third-order valence-corrected chi connectivity index (χ3v) is 2.63. The molecule has 0 amide bonds. The van der Waals surface area contributed by atoms with E-state index in [0.29, 0.717) is 12.6 Å². The van der Waals surface area contributed by atoms with Crippen molar-refractivity contribution in [1.82, 2.24) is 9.88 Å².